The topological polar surface area (TPSA) is 88.1 Å². The predicted molar refractivity (Wildman–Crippen MR) is 105 cm³/mol. The summed E-state index contributed by atoms with van der Waals surface area (Å²) in [6.07, 6.45) is 7.79. The second-order valence-corrected chi connectivity index (χ2v) is 5.67. The summed E-state index contributed by atoms with van der Waals surface area (Å²) in [6.45, 7) is 4.75. The van der Waals surface area contributed by atoms with Crippen LogP contribution in [0.4, 0.5) is 5.82 Å². The number of amides is 1. The van der Waals surface area contributed by atoms with Gasteiger partial charge in [-0.2, -0.15) is 0 Å². The first kappa shape index (κ1) is 24.0. The van der Waals surface area contributed by atoms with Crippen LogP contribution in [-0.4, -0.2) is 77.5 Å². The maximum Gasteiger partial charge on any atom is 0.225 e. The third-order valence-electron chi connectivity index (χ3n) is 3.44. The Kier molecular flexibility index (Phi) is 14.7. The predicted octanol–water partition coefficient (Wildman–Crippen LogP) is 1.49. The lowest BCUT2D eigenvalue weighted by Crippen LogP contribution is -2.14. The first-order valence-corrected chi connectivity index (χ1v) is 9.28. The van der Waals surface area contributed by atoms with Gasteiger partial charge in [-0.3, -0.25) is 4.79 Å². The number of ether oxygens (including phenoxy) is 5. The third kappa shape index (κ3) is 13.2. The lowest BCUT2D eigenvalue weighted by Gasteiger charge is -2.07. The van der Waals surface area contributed by atoms with Crippen LogP contribution in [-0.2, 0) is 28.5 Å². The van der Waals surface area contributed by atoms with Gasteiger partial charge in [0.25, 0.3) is 0 Å². The van der Waals surface area contributed by atoms with Gasteiger partial charge in [-0.1, -0.05) is 5.92 Å². The van der Waals surface area contributed by atoms with Gasteiger partial charge in [-0.15, -0.1) is 6.42 Å². The van der Waals surface area contributed by atoms with E-state index in [4.69, 9.17) is 30.1 Å². The summed E-state index contributed by atoms with van der Waals surface area (Å²) in [7, 11) is 1.64. The lowest BCUT2D eigenvalue weighted by atomic mass is 10.3. The highest BCUT2D eigenvalue weighted by Gasteiger charge is 2.03. The molecule has 1 rings (SSSR count). The van der Waals surface area contributed by atoms with Gasteiger partial charge in [0.15, 0.2) is 0 Å². The molecule has 156 valence electrons. The summed E-state index contributed by atoms with van der Waals surface area (Å²) in [4.78, 5) is 15.9. The minimum Gasteiger partial charge on any atom is -0.382 e. The van der Waals surface area contributed by atoms with Crippen LogP contribution in [0.1, 0.15) is 18.4 Å². The summed E-state index contributed by atoms with van der Waals surface area (Å²) in [5, 5.41) is 2.71. The van der Waals surface area contributed by atoms with E-state index in [2.05, 4.69) is 16.2 Å². The minimum absolute atomic E-state index is 0.107. The number of nitrogens with zero attached hydrogens (tertiary/aromatic N) is 1. The standard InChI is InChI=1S/C20H30N2O6/c1-3-18-6-7-19(21-17-18)22-20(23)5-4-8-25-11-12-27-15-16-28-14-13-26-10-9-24-2/h1,6-7,17H,4-5,8-16H2,2H3,(H,21,22,23). The highest BCUT2D eigenvalue weighted by Crippen LogP contribution is 2.05. The van der Waals surface area contributed by atoms with Crippen LogP contribution in [0.5, 0.6) is 0 Å². The summed E-state index contributed by atoms with van der Waals surface area (Å²) in [6, 6.07) is 3.41. The summed E-state index contributed by atoms with van der Waals surface area (Å²) < 4.78 is 26.3. The number of aromatic nitrogens is 1. The van der Waals surface area contributed by atoms with E-state index in [0.29, 0.717) is 83.7 Å². The zero-order valence-electron chi connectivity index (χ0n) is 16.5. The first-order chi connectivity index (χ1) is 13.8. The molecule has 0 aliphatic carbocycles. The Bertz CT molecular complexity index is 559. The zero-order chi connectivity index (χ0) is 20.3. The van der Waals surface area contributed by atoms with E-state index in [1.807, 2.05) is 0 Å². The Labute approximate surface area is 166 Å². The SMILES string of the molecule is C#Cc1ccc(NC(=O)CCCOCCOCCOCCOCCOC)nc1. The number of rotatable bonds is 17. The fourth-order valence-corrected chi connectivity index (χ4v) is 2.00. The third-order valence-corrected chi connectivity index (χ3v) is 3.44. The molecule has 0 aliphatic heterocycles. The Morgan fingerprint density at radius 2 is 1.54 bits per heavy atom. The number of hydrogen-bond donors (Lipinski definition) is 1. The second kappa shape index (κ2) is 17.1. The number of carbonyl (C=O) groups is 1. The summed E-state index contributed by atoms with van der Waals surface area (Å²) in [5.41, 5.74) is 0.673. The number of anilines is 1. The Morgan fingerprint density at radius 1 is 0.964 bits per heavy atom. The molecule has 0 saturated heterocycles. The van der Waals surface area contributed by atoms with E-state index in [1.165, 1.54) is 0 Å². The van der Waals surface area contributed by atoms with E-state index < -0.39 is 0 Å². The number of hydrogen-bond acceptors (Lipinski definition) is 7. The van der Waals surface area contributed by atoms with E-state index in [1.54, 1.807) is 25.4 Å². The van der Waals surface area contributed by atoms with Crippen LogP contribution in [0.15, 0.2) is 18.3 Å². The number of methoxy groups -OCH3 is 1. The van der Waals surface area contributed by atoms with Gasteiger partial charge in [-0.05, 0) is 18.6 Å². The van der Waals surface area contributed by atoms with E-state index in [0.717, 1.165) is 0 Å². The van der Waals surface area contributed by atoms with Crippen molar-refractivity contribution in [1.29, 1.82) is 0 Å². The molecule has 1 amide bonds. The number of nitrogens with one attached hydrogen (secondary N) is 1. The summed E-state index contributed by atoms with van der Waals surface area (Å²) in [5.74, 6) is 2.85. The first-order valence-electron chi connectivity index (χ1n) is 9.28. The number of terminal acetylenes is 1. The fraction of sp³-hybridized carbons (Fsp3) is 0.600. The monoisotopic (exact) mass is 394 g/mol. The van der Waals surface area contributed by atoms with Crippen molar-refractivity contribution in [2.45, 2.75) is 12.8 Å². The molecule has 0 saturated carbocycles. The Morgan fingerprint density at radius 3 is 2.04 bits per heavy atom. The largest absolute Gasteiger partial charge is 0.382 e. The van der Waals surface area contributed by atoms with Gasteiger partial charge in [0.2, 0.25) is 5.91 Å². The van der Waals surface area contributed by atoms with E-state index >= 15 is 0 Å². The average Bonchev–Trinajstić information content (AvgIpc) is 2.71. The molecule has 1 aromatic heterocycles. The zero-order valence-corrected chi connectivity index (χ0v) is 16.5. The quantitative estimate of drug-likeness (QED) is 0.316. The van der Waals surface area contributed by atoms with Crippen LogP contribution >= 0.6 is 0 Å². The molecule has 1 N–H and O–H groups in total. The van der Waals surface area contributed by atoms with Crippen molar-refractivity contribution in [3.63, 3.8) is 0 Å². The summed E-state index contributed by atoms with van der Waals surface area (Å²) >= 11 is 0. The maximum atomic E-state index is 11.8. The molecule has 0 bridgehead atoms. The molecular formula is C20H30N2O6. The Hall–Kier alpha value is -2.02. The van der Waals surface area contributed by atoms with Crippen molar-refractivity contribution in [3.05, 3.63) is 23.9 Å². The smallest absolute Gasteiger partial charge is 0.225 e. The highest BCUT2D eigenvalue weighted by molar-refractivity contribution is 5.89. The maximum absolute atomic E-state index is 11.8. The van der Waals surface area contributed by atoms with Crippen LogP contribution in [0.2, 0.25) is 0 Å². The Balaban J connectivity index is 1.84. The van der Waals surface area contributed by atoms with Crippen molar-refractivity contribution >= 4 is 11.7 Å². The molecule has 0 radical (unpaired) electrons. The molecular weight excluding hydrogens is 364 g/mol. The molecule has 1 heterocycles. The molecule has 0 atom stereocenters. The van der Waals surface area contributed by atoms with Gasteiger partial charge in [-0.25, -0.2) is 4.98 Å². The van der Waals surface area contributed by atoms with Crippen LogP contribution in [0, 0.1) is 12.3 Å². The minimum atomic E-state index is -0.107. The molecule has 8 nitrogen and oxygen atoms in total. The van der Waals surface area contributed by atoms with E-state index in [-0.39, 0.29) is 5.91 Å². The van der Waals surface area contributed by atoms with Gasteiger partial charge in [0.05, 0.1) is 52.9 Å². The molecule has 0 unspecified atom stereocenters. The van der Waals surface area contributed by atoms with Gasteiger partial charge >= 0.3 is 0 Å². The number of pyridine rings is 1. The highest BCUT2D eigenvalue weighted by atomic mass is 16.6. The van der Waals surface area contributed by atoms with Crippen molar-refractivity contribution in [2.24, 2.45) is 0 Å². The molecule has 0 aromatic carbocycles. The van der Waals surface area contributed by atoms with Crippen LogP contribution in [0.25, 0.3) is 0 Å². The van der Waals surface area contributed by atoms with Crippen molar-refractivity contribution in [2.75, 3.05) is 71.9 Å². The van der Waals surface area contributed by atoms with E-state index in [9.17, 15) is 4.79 Å². The molecule has 1 aromatic rings. The number of carbonyl (C=O) groups excluding carboxylic acids is 1. The van der Waals surface area contributed by atoms with Crippen molar-refractivity contribution in [1.82, 2.24) is 4.98 Å². The second-order valence-electron chi connectivity index (χ2n) is 5.67. The molecule has 28 heavy (non-hydrogen) atoms. The fourth-order valence-electron chi connectivity index (χ4n) is 2.00. The van der Waals surface area contributed by atoms with Gasteiger partial charge in [0.1, 0.15) is 5.82 Å². The normalized spacial score (nSPS) is 10.6. The van der Waals surface area contributed by atoms with Gasteiger partial charge in [0, 0.05) is 31.9 Å². The van der Waals surface area contributed by atoms with Crippen LogP contribution < -0.4 is 5.32 Å². The van der Waals surface area contributed by atoms with Gasteiger partial charge < -0.3 is 29.0 Å². The molecule has 0 fully saturated rings. The van der Waals surface area contributed by atoms with Crippen LogP contribution in [0.3, 0.4) is 0 Å². The lowest BCUT2D eigenvalue weighted by molar-refractivity contribution is -0.116. The van der Waals surface area contributed by atoms with Crippen molar-refractivity contribution in [3.8, 4) is 12.3 Å². The van der Waals surface area contributed by atoms with Crippen molar-refractivity contribution < 1.29 is 28.5 Å². The molecule has 8 heteroatoms. The molecule has 0 spiro atoms. The molecule has 0 aliphatic rings. The average molecular weight is 394 g/mol.